The topological polar surface area (TPSA) is 38.3 Å². The molecule has 1 heterocycles. The molecular weight excluding hydrogens is 293 g/mol. The Balaban J connectivity index is 1.74. The molecule has 1 atom stereocenters. The molecule has 5 heteroatoms. The number of ether oxygens (including phenoxy) is 1. The highest BCUT2D eigenvalue weighted by Gasteiger charge is 2.26. The lowest BCUT2D eigenvalue weighted by Gasteiger charge is -2.26. The summed E-state index contributed by atoms with van der Waals surface area (Å²) in [4.78, 5) is 12.3. The zero-order valence-corrected chi connectivity index (χ0v) is 11.9. The standard InChI is InChI=1S/C16H13ClFNO2/c17-16-10(4-3-5-11(16)18)8-13(20)15-9-19-12-6-1-2-7-14(12)21-15/h1-7,15,19H,8-9H2. The lowest BCUT2D eigenvalue weighted by molar-refractivity contribution is -0.124. The number of anilines is 1. The molecule has 0 amide bonds. The molecule has 0 saturated carbocycles. The van der Waals surface area contributed by atoms with E-state index in [1.54, 1.807) is 18.2 Å². The van der Waals surface area contributed by atoms with E-state index in [1.165, 1.54) is 6.07 Å². The molecule has 21 heavy (non-hydrogen) atoms. The third-order valence-corrected chi connectivity index (χ3v) is 3.81. The third-order valence-electron chi connectivity index (χ3n) is 3.39. The number of carbonyl (C=O) groups is 1. The molecular formula is C16H13ClFNO2. The van der Waals surface area contributed by atoms with Crippen LogP contribution in [0.4, 0.5) is 10.1 Å². The molecule has 0 radical (unpaired) electrons. The normalized spacial score (nSPS) is 16.6. The molecule has 1 unspecified atom stereocenters. The lowest BCUT2D eigenvalue weighted by Crippen LogP contribution is -2.38. The van der Waals surface area contributed by atoms with E-state index in [9.17, 15) is 9.18 Å². The lowest BCUT2D eigenvalue weighted by atomic mass is 10.0. The Morgan fingerprint density at radius 1 is 1.29 bits per heavy atom. The maximum atomic E-state index is 13.4. The maximum absolute atomic E-state index is 13.4. The van der Waals surface area contributed by atoms with E-state index in [4.69, 9.17) is 16.3 Å². The molecule has 1 N–H and O–H groups in total. The van der Waals surface area contributed by atoms with Gasteiger partial charge in [0.1, 0.15) is 11.6 Å². The number of nitrogens with one attached hydrogen (secondary N) is 1. The van der Waals surface area contributed by atoms with Crippen LogP contribution < -0.4 is 10.1 Å². The molecule has 1 aliphatic heterocycles. The van der Waals surface area contributed by atoms with E-state index >= 15 is 0 Å². The van der Waals surface area contributed by atoms with Crippen LogP contribution in [0, 0.1) is 5.82 Å². The van der Waals surface area contributed by atoms with Gasteiger partial charge in [-0.3, -0.25) is 4.79 Å². The number of hydrogen-bond acceptors (Lipinski definition) is 3. The van der Waals surface area contributed by atoms with Gasteiger partial charge in [-0.15, -0.1) is 0 Å². The van der Waals surface area contributed by atoms with Crippen molar-refractivity contribution in [1.82, 2.24) is 0 Å². The highest BCUT2D eigenvalue weighted by molar-refractivity contribution is 6.31. The van der Waals surface area contributed by atoms with E-state index in [-0.39, 0.29) is 17.2 Å². The summed E-state index contributed by atoms with van der Waals surface area (Å²) in [6, 6.07) is 11.9. The van der Waals surface area contributed by atoms with Gasteiger partial charge in [0.15, 0.2) is 11.9 Å². The van der Waals surface area contributed by atoms with E-state index in [2.05, 4.69) is 5.32 Å². The molecule has 3 nitrogen and oxygen atoms in total. The van der Waals surface area contributed by atoms with Gasteiger partial charge < -0.3 is 10.1 Å². The summed E-state index contributed by atoms with van der Waals surface area (Å²) >= 11 is 5.87. The van der Waals surface area contributed by atoms with Crippen molar-refractivity contribution >= 4 is 23.1 Å². The molecule has 2 aromatic rings. The van der Waals surface area contributed by atoms with Crippen LogP contribution in [0.15, 0.2) is 42.5 Å². The van der Waals surface area contributed by atoms with Crippen LogP contribution in [-0.2, 0) is 11.2 Å². The number of carbonyl (C=O) groups excluding carboxylic acids is 1. The van der Waals surface area contributed by atoms with Crippen LogP contribution in [0.2, 0.25) is 5.02 Å². The summed E-state index contributed by atoms with van der Waals surface area (Å²) in [6.07, 6.45) is -0.551. The van der Waals surface area contributed by atoms with Crippen molar-refractivity contribution in [3.63, 3.8) is 0 Å². The number of ketones is 1. The van der Waals surface area contributed by atoms with Crippen LogP contribution >= 0.6 is 11.6 Å². The second-order valence-electron chi connectivity index (χ2n) is 4.84. The van der Waals surface area contributed by atoms with Crippen LogP contribution in [-0.4, -0.2) is 18.4 Å². The monoisotopic (exact) mass is 305 g/mol. The SMILES string of the molecule is O=C(Cc1cccc(F)c1Cl)C1CNc2ccccc2O1. The van der Waals surface area contributed by atoms with Crippen molar-refractivity contribution in [2.24, 2.45) is 0 Å². The zero-order valence-electron chi connectivity index (χ0n) is 11.1. The number of benzene rings is 2. The fourth-order valence-electron chi connectivity index (χ4n) is 2.28. The first-order chi connectivity index (χ1) is 10.1. The van der Waals surface area contributed by atoms with Gasteiger partial charge in [-0.1, -0.05) is 35.9 Å². The van der Waals surface area contributed by atoms with Crippen molar-refractivity contribution < 1.29 is 13.9 Å². The molecule has 0 bridgehead atoms. The minimum absolute atomic E-state index is 0.00461. The molecule has 0 aliphatic carbocycles. The number of rotatable bonds is 3. The molecule has 3 rings (SSSR count). The summed E-state index contributed by atoms with van der Waals surface area (Å²) in [5, 5.41) is 3.15. The largest absolute Gasteiger partial charge is 0.479 e. The van der Waals surface area contributed by atoms with E-state index in [1.807, 2.05) is 18.2 Å². The van der Waals surface area contributed by atoms with E-state index < -0.39 is 11.9 Å². The molecule has 0 saturated heterocycles. The van der Waals surface area contributed by atoms with Crippen LogP contribution in [0.5, 0.6) is 5.75 Å². The number of Topliss-reactive ketones (excluding diaryl/α,β-unsaturated/α-hetero) is 1. The minimum Gasteiger partial charge on any atom is -0.479 e. The fraction of sp³-hybridized carbons (Fsp3) is 0.188. The highest BCUT2D eigenvalue weighted by Crippen LogP contribution is 2.29. The number of para-hydroxylation sites is 2. The van der Waals surface area contributed by atoms with E-state index in [0.29, 0.717) is 17.9 Å². The molecule has 2 aromatic carbocycles. The summed E-state index contributed by atoms with van der Waals surface area (Å²) in [5.41, 5.74) is 1.34. The Kier molecular flexibility index (Phi) is 3.80. The Labute approximate surface area is 126 Å². The first kappa shape index (κ1) is 13.9. The van der Waals surface area contributed by atoms with Crippen molar-refractivity contribution in [3.8, 4) is 5.75 Å². The first-order valence-corrected chi connectivity index (χ1v) is 6.98. The van der Waals surface area contributed by atoms with Gasteiger partial charge in [-0.2, -0.15) is 0 Å². The van der Waals surface area contributed by atoms with Gasteiger partial charge in [0, 0.05) is 6.42 Å². The zero-order chi connectivity index (χ0) is 14.8. The highest BCUT2D eigenvalue weighted by atomic mass is 35.5. The average molecular weight is 306 g/mol. The number of hydrogen-bond donors (Lipinski definition) is 1. The van der Waals surface area contributed by atoms with Gasteiger partial charge in [-0.25, -0.2) is 4.39 Å². The minimum atomic E-state index is -0.598. The summed E-state index contributed by atoms with van der Waals surface area (Å²) < 4.78 is 19.1. The van der Waals surface area contributed by atoms with Crippen molar-refractivity contribution in [1.29, 1.82) is 0 Å². The summed E-state index contributed by atoms with van der Waals surface area (Å²) in [7, 11) is 0. The average Bonchev–Trinajstić information content (AvgIpc) is 2.51. The number of fused-ring (bicyclic) bond motifs is 1. The smallest absolute Gasteiger partial charge is 0.179 e. The Bertz CT molecular complexity index is 690. The van der Waals surface area contributed by atoms with Gasteiger partial charge >= 0.3 is 0 Å². The second-order valence-corrected chi connectivity index (χ2v) is 5.22. The molecule has 1 aliphatic rings. The predicted octanol–water partition coefficient (Wildman–Crippen LogP) is 3.46. The van der Waals surface area contributed by atoms with E-state index in [0.717, 1.165) is 5.69 Å². The van der Waals surface area contributed by atoms with Gasteiger partial charge in [0.05, 0.1) is 17.3 Å². The second kappa shape index (κ2) is 5.74. The Morgan fingerprint density at radius 3 is 2.95 bits per heavy atom. The van der Waals surface area contributed by atoms with Crippen LogP contribution in [0.1, 0.15) is 5.56 Å². The Hall–Kier alpha value is -2.07. The molecule has 108 valence electrons. The fourth-order valence-corrected chi connectivity index (χ4v) is 2.47. The Morgan fingerprint density at radius 2 is 2.10 bits per heavy atom. The number of halogens is 2. The van der Waals surface area contributed by atoms with Crippen LogP contribution in [0.25, 0.3) is 0 Å². The molecule has 0 spiro atoms. The summed E-state index contributed by atoms with van der Waals surface area (Å²) in [5.74, 6) is -0.00746. The van der Waals surface area contributed by atoms with Crippen molar-refractivity contribution in [3.05, 3.63) is 58.9 Å². The van der Waals surface area contributed by atoms with Crippen LogP contribution in [0.3, 0.4) is 0 Å². The predicted molar refractivity (Wildman–Crippen MR) is 79.5 cm³/mol. The summed E-state index contributed by atoms with van der Waals surface area (Å²) in [6.45, 7) is 0.392. The van der Waals surface area contributed by atoms with Gasteiger partial charge in [-0.05, 0) is 23.8 Å². The van der Waals surface area contributed by atoms with Crippen molar-refractivity contribution in [2.75, 3.05) is 11.9 Å². The maximum Gasteiger partial charge on any atom is 0.179 e. The molecule has 0 fully saturated rings. The first-order valence-electron chi connectivity index (χ1n) is 6.60. The third kappa shape index (κ3) is 2.85. The van der Waals surface area contributed by atoms with Gasteiger partial charge in [0.25, 0.3) is 0 Å². The van der Waals surface area contributed by atoms with Gasteiger partial charge in [0.2, 0.25) is 0 Å². The van der Waals surface area contributed by atoms with Crippen molar-refractivity contribution in [2.45, 2.75) is 12.5 Å². The quantitative estimate of drug-likeness (QED) is 0.943. The molecule has 0 aromatic heterocycles.